The Balaban J connectivity index is 2.46. The summed E-state index contributed by atoms with van der Waals surface area (Å²) >= 11 is 1.65. The molecule has 0 bridgehead atoms. The molecular weight excluding hydrogens is 230 g/mol. The molecule has 2 aromatic heterocycles. The van der Waals surface area contributed by atoms with E-state index in [-0.39, 0.29) is 0 Å². The van der Waals surface area contributed by atoms with E-state index in [0.717, 1.165) is 22.1 Å². The maximum absolute atomic E-state index is 5.76. The van der Waals surface area contributed by atoms with Gasteiger partial charge in [0, 0.05) is 17.1 Å². The molecule has 3 nitrogen and oxygen atoms in total. The molecule has 2 aromatic rings. The van der Waals surface area contributed by atoms with E-state index in [0.29, 0.717) is 12.5 Å². The molecule has 4 heteroatoms. The fraction of sp³-hybridized carbons (Fsp3) is 0.385. The summed E-state index contributed by atoms with van der Waals surface area (Å²) in [6.07, 6.45) is 0. The lowest BCUT2D eigenvalue weighted by Gasteiger charge is -2.01. The van der Waals surface area contributed by atoms with Crippen molar-refractivity contribution >= 4 is 11.3 Å². The van der Waals surface area contributed by atoms with Crippen molar-refractivity contribution in [2.45, 2.75) is 33.2 Å². The molecule has 2 N–H and O–H groups in total. The predicted octanol–water partition coefficient (Wildman–Crippen LogP) is 3.10. The predicted molar refractivity (Wildman–Crippen MR) is 72.1 cm³/mol. The van der Waals surface area contributed by atoms with Gasteiger partial charge in [-0.25, -0.2) is 4.98 Å². The fourth-order valence-corrected chi connectivity index (χ4v) is 2.80. The first-order chi connectivity index (χ1) is 8.11. The van der Waals surface area contributed by atoms with Crippen LogP contribution in [-0.2, 0) is 6.54 Å². The van der Waals surface area contributed by atoms with Gasteiger partial charge >= 0.3 is 0 Å². The number of nitrogens with two attached hydrogens (primary N) is 1. The molecule has 0 saturated heterocycles. The summed E-state index contributed by atoms with van der Waals surface area (Å²) in [7, 11) is 0. The zero-order chi connectivity index (χ0) is 12.4. The number of aromatic nitrogens is 2. The highest BCUT2D eigenvalue weighted by Gasteiger charge is 2.14. The van der Waals surface area contributed by atoms with Crippen molar-refractivity contribution in [3.63, 3.8) is 0 Å². The summed E-state index contributed by atoms with van der Waals surface area (Å²) in [5, 5.41) is 0.970. The monoisotopic (exact) mass is 247 g/mol. The first-order valence-electron chi connectivity index (χ1n) is 5.75. The summed E-state index contributed by atoms with van der Waals surface area (Å²) < 4.78 is 0. The average molecular weight is 247 g/mol. The molecule has 0 unspecified atom stereocenters. The van der Waals surface area contributed by atoms with Crippen molar-refractivity contribution in [3.8, 4) is 10.7 Å². The van der Waals surface area contributed by atoms with E-state index >= 15 is 0 Å². The van der Waals surface area contributed by atoms with E-state index in [9.17, 15) is 0 Å². The second-order valence-electron chi connectivity index (χ2n) is 4.35. The number of hydrogen-bond donors (Lipinski definition) is 1. The van der Waals surface area contributed by atoms with Crippen LogP contribution in [0.4, 0.5) is 0 Å². The molecule has 0 aliphatic heterocycles. The molecule has 2 heterocycles. The molecule has 0 atom stereocenters. The van der Waals surface area contributed by atoms with Crippen LogP contribution in [0, 0.1) is 6.92 Å². The SMILES string of the molecule is Cc1cccc(-c2nc(C(C)C)c(CN)s2)n1. The van der Waals surface area contributed by atoms with E-state index in [4.69, 9.17) is 5.73 Å². The van der Waals surface area contributed by atoms with Gasteiger partial charge in [-0.05, 0) is 25.0 Å². The molecule has 0 amide bonds. The van der Waals surface area contributed by atoms with Gasteiger partial charge < -0.3 is 5.73 Å². The molecular formula is C13H17N3S. The van der Waals surface area contributed by atoms with E-state index in [2.05, 4.69) is 23.8 Å². The number of aryl methyl sites for hydroxylation is 1. The number of nitrogens with zero attached hydrogens (tertiary/aromatic N) is 2. The molecule has 0 spiro atoms. The van der Waals surface area contributed by atoms with Crippen LogP contribution >= 0.6 is 11.3 Å². The normalized spacial score (nSPS) is 11.1. The van der Waals surface area contributed by atoms with Gasteiger partial charge in [-0.1, -0.05) is 19.9 Å². The number of thiazole rings is 1. The summed E-state index contributed by atoms with van der Waals surface area (Å²) in [6.45, 7) is 6.82. The van der Waals surface area contributed by atoms with Crippen LogP contribution in [0.3, 0.4) is 0 Å². The highest BCUT2D eigenvalue weighted by molar-refractivity contribution is 7.15. The van der Waals surface area contributed by atoms with Gasteiger partial charge in [-0.15, -0.1) is 11.3 Å². The topological polar surface area (TPSA) is 51.8 Å². The van der Waals surface area contributed by atoms with Crippen LogP contribution in [0.2, 0.25) is 0 Å². The maximum atomic E-state index is 5.76. The standard InChI is InChI=1S/C13H17N3S/c1-8(2)12-11(7-14)17-13(16-12)10-6-4-5-9(3)15-10/h4-6,8H,7,14H2,1-3H3. The highest BCUT2D eigenvalue weighted by atomic mass is 32.1. The Kier molecular flexibility index (Phi) is 3.54. The number of pyridine rings is 1. The lowest BCUT2D eigenvalue weighted by Crippen LogP contribution is -1.99. The van der Waals surface area contributed by atoms with Crippen molar-refractivity contribution in [2.24, 2.45) is 5.73 Å². The molecule has 0 aliphatic carbocycles. The summed E-state index contributed by atoms with van der Waals surface area (Å²) in [5.74, 6) is 0.406. The van der Waals surface area contributed by atoms with Crippen LogP contribution in [-0.4, -0.2) is 9.97 Å². The number of rotatable bonds is 3. The average Bonchev–Trinajstić information content (AvgIpc) is 2.73. The minimum atomic E-state index is 0.406. The number of hydrogen-bond acceptors (Lipinski definition) is 4. The Labute approximate surface area is 106 Å². The Morgan fingerprint density at radius 2 is 2.06 bits per heavy atom. The zero-order valence-corrected chi connectivity index (χ0v) is 11.2. The minimum Gasteiger partial charge on any atom is -0.326 e. The Hall–Kier alpha value is -1.26. The largest absolute Gasteiger partial charge is 0.326 e. The van der Waals surface area contributed by atoms with Gasteiger partial charge in [-0.3, -0.25) is 4.98 Å². The third-order valence-corrected chi connectivity index (χ3v) is 3.68. The van der Waals surface area contributed by atoms with Crippen molar-refractivity contribution < 1.29 is 0 Å². The molecule has 90 valence electrons. The van der Waals surface area contributed by atoms with E-state index in [1.54, 1.807) is 11.3 Å². The molecule has 2 rings (SSSR count). The summed E-state index contributed by atoms with van der Waals surface area (Å²) in [4.78, 5) is 10.3. The summed E-state index contributed by atoms with van der Waals surface area (Å²) in [6, 6.07) is 6.00. The van der Waals surface area contributed by atoms with Crippen LogP contribution < -0.4 is 5.73 Å². The lowest BCUT2D eigenvalue weighted by molar-refractivity contribution is 0.813. The Morgan fingerprint density at radius 1 is 1.29 bits per heavy atom. The van der Waals surface area contributed by atoms with E-state index < -0.39 is 0 Å². The van der Waals surface area contributed by atoms with E-state index in [1.165, 1.54) is 4.88 Å². The first kappa shape index (κ1) is 12.2. The lowest BCUT2D eigenvalue weighted by atomic mass is 10.1. The molecule has 0 aliphatic rings. The molecule has 0 aromatic carbocycles. The van der Waals surface area contributed by atoms with Gasteiger partial charge in [-0.2, -0.15) is 0 Å². The molecule has 0 radical (unpaired) electrons. The van der Waals surface area contributed by atoms with Gasteiger partial charge in [0.1, 0.15) is 5.01 Å². The van der Waals surface area contributed by atoms with Crippen molar-refractivity contribution in [1.29, 1.82) is 0 Å². The molecule has 0 fully saturated rings. The molecule has 0 saturated carbocycles. The Bertz CT molecular complexity index is 517. The zero-order valence-electron chi connectivity index (χ0n) is 10.4. The summed E-state index contributed by atoms with van der Waals surface area (Å²) in [5.41, 5.74) is 8.82. The van der Waals surface area contributed by atoms with Gasteiger partial charge in [0.05, 0.1) is 11.4 Å². The van der Waals surface area contributed by atoms with Gasteiger partial charge in [0.25, 0.3) is 0 Å². The van der Waals surface area contributed by atoms with Gasteiger partial charge in [0.2, 0.25) is 0 Å². The second-order valence-corrected chi connectivity index (χ2v) is 5.43. The maximum Gasteiger partial charge on any atom is 0.142 e. The first-order valence-corrected chi connectivity index (χ1v) is 6.57. The third-order valence-electron chi connectivity index (χ3n) is 2.57. The quantitative estimate of drug-likeness (QED) is 0.906. The highest BCUT2D eigenvalue weighted by Crippen LogP contribution is 2.30. The second kappa shape index (κ2) is 4.94. The van der Waals surface area contributed by atoms with Crippen molar-refractivity contribution in [3.05, 3.63) is 34.5 Å². The minimum absolute atomic E-state index is 0.406. The fourth-order valence-electron chi connectivity index (χ4n) is 1.73. The van der Waals surface area contributed by atoms with Crippen molar-refractivity contribution in [1.82, 2.24) is 9.97 Å². The van der Waals surface area contributed by atoms with Gasteiger partial charge in [0.15, 0.2) is 0 Å². The van der Waals surface area contributed by atoms with E-state index in [1.807, 2.05) is 25.1 Å². The smallest absolute Gasteiger partial charge is 0.142 e. The van der Waals surface area contributed by atoms with Crippen LogP contribution in [0.1, 0.15) is 36.0 Å². The Morgan fingerprint density at radius 3 is 2.59 bits per heavy atom. The van der Waals surface area contributed by atoms with Crippen molar-refractivity contribution in [2.75, 3.05) is 0 Å². The van der Waals surface area contributed by atoms with Crippen LogP contribution in [0.15, 0.2) is 18.2 Å². The van der Waals surface area contributed by atoms with Crippen LogP contribution in [0.25, 0.3) is 10.7 Å². The molecule has 17 heavy (non-hydrogen) atoms. The third kappa shape index (κ3) is 2.53. The van der Waals surface area contributed by atoms with Crippen LogP contribution in [0.5, 0.6) is 0 Å².